The normalized spacial score (nSPS) is 13.2. The van der Waals surface area contributed by atoms with Gasteiger partial charge in [-0.2, -0.15) is 0 Å². The van der Waals surface area contributed by atoms with Crippen molar-refractivity contribution < 1.29 is 27.5 Å². The Balaban J connectivity index is 1.56. The lowest BCUT2D eigenvalue weighted by molar-refractivity contribution is -0.141. The third-order valence-electron chi connectivity index (χ3n) is 6.89. The summed E-state index contributed by atoms with van der Waals surface area (Å²) in [6, 6.07) is 20.9. The molecule has 3 aromatic carbocycles. The number of ether oxygens (including phenoxy) is 2. The molecule has 1 unspecified atom stereocenters. The minimum Gasteiger partial charge on any atom is -0.486 e. The predicted octanol–water partition coefficient (Wildman–Crippen LogP) is 4.43. The van der Waals surface area contributed by atoms with E-state index in [1.807, 2.05) is 49.4 Å². The van der Waals surface area contributed by atoms with Gasteiger partial charge in [0.1, 0.15) is 19.3 Å². The highest BCUT2D eigenvalue weighted by molar-refractivity contribution is 7.92. The first-order valence-electron chi connectivity index (χ1n) is 13.9. The number of carbonyl (C=O) groups is 2. The number of benzene rings is 3. The smallest absolute Gasteiger partial charge is 0.243 e. The van der Waals surface area contributed by atoms with Crippen molar-refractivity contribution in [3.8, 4) is 11.5 Å². The maximum absolute atomic E-state index is 13.9. The molecule has 0 radical (unpaired) electrons. The van der Waals surface area contributed by atoms with Gasteiger partial charge in [0.15, 0.2) is 11.5 Å². The van der Waals surface area contributed by atoms with Crippen LogP contribution in [0.15, 0.2) is 72.8 Å². The van der Waals surface area contributed by atoms with Crippen molar-refractivity contribution in [1.82, 2.24) is 10.2 Å². The van der Waals surface area contributed by atoms with Crippen molar-refractivity contribution in [2.45, 2.75) is 38.8 Å². The van der Waals surface area contributed by atoms with Crippen LogP contribution in [0.3, 0.4) is 0 Å². The highest BCUT2D eigenvalue weighted by atomic mass is 35.5. The van der Waals surface area contributed by atoms with E-state index in [4.69, 9.17) is 21.1 Å². The summed E-state index contributed by atoms with van der Waals surface area (Å²) >= 11 is 6.46. The van der Waals surface area contributed by atoms with Crippen LogP contribution in [0.1, 0.15) is 30.9 Å². The van der Waals surface area contributed by atoms with Crippen molar-refractivity contribution in [2.75, 3.05) is 36.9 Å². The molecule has 1 N–H and O–H groups in total. The van der Waals surface area contributed by atoms with Gasteiger partial charge < -0.3 is 19.7 Å². The fourth-order valence-corrected chi connectivity index (χ4v) is 6.00. The van der Waals surface area contributed by atoms with Crippen LogP contribution >= 0.6 is 11.6 Å². The number of amides is 2. The molecule has 0 fully saturated rings. The zero-order valence-electron chi connectivity index (χ0n) is 23.8. The highest BCUT2D eigenvalue weighted by Gasteiger charge is 2.31. The average molecular weight is 614 g/mol. The van der Waals surface area contributed by atoms with Crippen LogP contribution in [0, 0.1) is 0 Å². The van der Waals surface area contributed by atoms with Crippen LogP contribution in [0.5, 0.6) is 11.5 Å². The van der Waals surface area contributed by atoms with Crippen molar-refractivity contribution in [3.05, 3.63) is 88.9 Å². The number of likely N-dealkylation sites (N-methyl/N-ethyl adjacent to an activating group) is 1. The Labute approximate surface area is 252 Å². The fourth-order valence-electron chi connectivity index (χ4n) is 4.85. The maximum atomic E-state index is 13.9. The molecule has 2 amide bonds. The third-order valence-corrected chi connectivity index (χ3v) is 8.45. The molecule has 9 nitrogen and oxygen atoms in total. The SMILES string of the molecule is CCNC(=O)C(Cc1ccccc1)N(Cc1ccccc1Cl)C(=O)CCCN(c1ccc2c(c1)OCCO2)S(C)(=O)=O. The van der Waals surface area contributed by atoms with Crippen LogP contribution < -0.4 is 19.1 Å². The number of hydrogen-bond donors (Lipinski definition) is 1. The van der Waals surface area contributed by atoms with E-state index in [1.165, 1.54) is 4.31 Å². The van der Waals surface area contributed by atoms with Gasteiger partial charge in [-0.3, -0.25) is 13.9 Å². The molecule has 0 bridgehead atoms. The van der Waals surface area contributed by atoms with Crippen molar-refractivity contribution in [1.29, 1.82) is 0 Å². The lowest BCUT2D eigenvalue weighted by Crippen LogP contribution is -2.50. The standard InChI is InChI=1S/C31H36ClN3O6S/c1-3-33-31(37)27(20-23-10-5-4-6-11-23)34(22-24-12-7-8-13-26(24)32)30(36)14-9-17-35(42(2,38)39)25-15-16-28-29(21-25)41-19-18-40-28/h4-8,10-13,15-16,21,27H,3,9,14,17-20,22H2,1-2H3,(H,33,37). The molecular weight excluding hydrogens is 578 g/mol. The first-order valence-corrected chi connectivity index (χ1v) is 16.1. The second-order valence-electron chi connectivity index (χ2n) is 9.98. The molecule has 4 rings (SSSR count). The van der Waals surface area contributed by atoms with Crippen molar-refractivity contribution in [2.24, 2.45) is 0 Å². The predicted molar refractivity (Wildman–Crippen MR) is 163 cm³/mol. The Morgan fingerprint density at radius 1 is 0.976 bits per heavy atom. The molecule has 42 heavy (non-hydrogen) atoms. The van der Waals surface area contributed by atoms with Crippen LogP contribution in [0.25, 0.3) is 0 Å². The largest absolute Gasteiger partial charge is 0.486 e. The molecule has 0 aliphatic carbocycles. The van der Waals surface area contributed by atoms with Crippen molar-refractivity contribution >= 4 is 39.1 Å². The monoisotopic (exact) mass is 613 g/mol. The summed E-state index contributed by atoms with van der Waals surface area (Å²) in [5.41, 5.74) is 2.04. The van der Waals surface area contributed by atoms with Gasteiger partial charge in [0, 0.05) is 43.6 Å². The summed E-state index contributed by atoms with van der Waals surface area (Å²) in [5, 5.41) is 3.36. The number of anilines is 1. The number of halogens is 1. The van der Waals surface area contributed by atoms with E-state index in [0.29, 0.717) is 54.0 Å². The van der Waals surface area contributed by atoms with Gasteiger partial charge in [-0.1, -0.05) is 60.1 Å². The number of nitrogens with one attached hydrogen (secondary N) is 1. The summed E-state index contributed by atoms with van der Waals surface area (Å²) in [5.74, 6) is 0.479. The second kappa shape index (κ2) is 14.4. The van der Waals surface area contributed by atoms with Crippen LogP contribution in [-0.4, -0.2) is 63.7 Å². The van der Waals surface area contributed by atoms with Crippen LogP contribution in [0.2, 0.25) is 5.02 Å². The van der Waals surface area contributed by atoms with Gasteiger partial charge in [0.05, 0.1) is 11.9 Å². The number of nitrogens with zero attached hydrogens (tertiary/aromatic N) is 2. The fraction of sp³-hybridized carbons (Fsp3) is 0.355. The zero-order chi connectivity index (χ0) is 30.1. The van der Waals surface area contributed by atoms with E-state index in [-0.39, 0.29) is 37.7 Å². The van der Waals surface area contributed by atoms with Crippen LogP contribution in [-0.2, 0) is 32.6 Å². The van der Waals surface area contributed by atoms with E-state index in [1.54, 1.807) is 35.2 Å². The lowest BCUT2D eigenvalue weighted by Gasteiger charge is -2.32. The number of rotatable bonds is 13. The number of hydrogen-bond acceptors (Lipinski definition) is 6. The number of fused-ring (bicyclic) bond motifs is 1. The molecule has 0 saturated carbocycles. The first kappa shape index (κ1) is 31.2. The van der Waals surface area contributed by atoms with E-state index in [2.05, 4.69) is 5.32 Å². The van der Waals surface area contributed by atoms with E-state index in [0.717, 1.165) is 11.8 Å². The molecule has 3 aromatic rings. The average Bonchev–Trinajstić information content (AvgIpc) is 2.97. The Bertz CT molecular complexity index is 1480. The summed E-state index contributed by atoms with van der Waals surface area (Å²) in [6.45, 7) is 3.24. The lowest BCUT2D eigenvalue weighted by atomic mass is 10.0. The van der Waals surface area contributed by atoms with Gasteiger partial charge in [-0.05, 0) is 42.7 Å². The molecule has 1 aliphatic rings. The number of carbonyl (C=O) groups excluding carboxylic acids is 2. The molecule has 1 aliphatic heterocycles. The van der Waals surface area contributed by atoms with Gasteiger partial charge in [-0.15, -0.1) is 0 Å². The Morgan fingerprint density at radius 3 is 2.36 bits per heavy atom. The summed E-state index contributed by atoms with van der Waals surface area (Å²) in [7, 11) is -3.66. The Kier molecular flexibility index (Phi) is 10.7. The molecule has 1 heterocycles. The first-order chi connectivity index (χ1) is 20.2. The van der Waals surface area contributed by atoms with Crippen molar-refractivity contribution in [3.63, 3.8) is 0 Å². The quantitative estimate of drug-likeness (QED) is 0.306. The van der Waals surface area contributed by atoms with Gasteiger partial charge in [0.25, 0.3) is 0 Å². The van der Waals surface area contributed by atoms with E-state index >= 15 is 0 Å². The van der Waals surface area contributed by atoms with Crippen LogP contribution in [0.4, 0.5) is 5.69 Å². The molecule has 0 saturated heterocycles. The third kappa shape index (κ3) is 8.17. The summed E-state index contributed by atoms with van der Waals surface area (Å²) < 4.78 is 37.9. The minimum atomic E-state index is -3.66. The number of sulfonamides is 1. The summed E-state index contributed by atoms with van der Waals surface area (Å²) in [6.07, 6.45) is 1.69. The highest BCUT2D eigenvalue weighted by Crippen LogP contribution is 2.35. The second-order valence-corrected chi connectivity index (χ2v) is 12.3. The topological polar surface area (TPSA) is 105 Å². The van der Waals surface area contributed by atoms with Gasteiger partial charge in [0.2, 0.25) is 21.8 Å². The molecule has 1 atom stereocenters. The van der Waals surface area contributed by atoms with Gasteiger partial charge in [-0.25, -0.2) is 8.42 Å². The minimum absolute atomic E-state index is 0.0196. The molecule has 11 heteroatoms. The van der Waals surface area contributed by atoms with Gasteiger partial charge >= 0.3 is 0 Å². The molecule has 224 valence electrons. The Morgan fingerprint density at radius 2 is 1.67 bits per heavy atom. The summed E-state index contributed by atoms with van der Waals surface area (Å²) in [4.78, 5) is 28.7. The molecular formula is C31H36ClN3O6S. The Hall–Kier alpha value is -3.76. The zero-order valence-corrected chi connectivity index (χ0v) is 25.4. The molecule has 0 spiro atoms. The van der Waals surface area contributed by atoms with E-state index in [9.17, 15) is 18.0 Å². The molecule has 0 aromatic heterocycles. The maximum Gasteiger partial charge on any atom is 0.243 e. The van der Waals surface area contributed by atoms with E-state index < -0.39 is 16.1 Å².